The third kappa shape index (κ3) is 3.38. The molecule has 1 atom stereocenters. The fourth-order valence-electron chi connectivity index (χ4n) is 1.99. The van der Waals surface area contributed by atoms with Crippen LogP contribution in [0.15, 0.2) is 4.99 Å². The Morgan fingerprint density at radius 2 is 2.27 bits per heavy atom. The van der Waals surface area contributed by atoms with E-state index in [2.05, 4.69) is 10.3 Å². The second-order valence-corrected chi connectivity index (χ2v) is 4.56. The lowest BCUT2D eigenvalue weighted by molar-refractivity contribution is 0.184. The number of nitrogens with zero attached hydrogens (tertiary/aromatic N) is 1. The highest BCUT2D eigenvalue weighted by atomic mass is 16.5. The van der Waals surface area contributed by atoms with Crippen LogP contribution in [0.5, 0.6) is 0 Å². The molecule has 1 saturated heterocycles. The van der Waals surface area contributed by atoms with Crippen molar-refractivity contribution in [3.05, 3.63) is 0 Å². The number of hydrogen-bond acceptors (Lipinski definition) is 2. The predicted molar refractivity (Wildman–Crippen MR) is 60.8 cm³/mol. The summed E-state index contributed by atoms with van der Waals surface area (Å²) in [7, 11) is 0. The lowest BCUT2D eigenvalue weighted by atomic mass is 9.93. The van der Waals surface area contributed by atoms with Crippen LogP contribution in [0.1, 0.15) is 32.1 Å². The third-order valence-corrected chi connectivity index (χ3v) is 3.30. The van der Waals surface area contributed by atoms with Gasteiger partial charge in [-0.05, 0) is 38.0 Å². The Kier molecular flexibility index (Phi) is 3.83. The van der Waals surface area contributed by atoms with Crippen LogP contribution in [0.2, 0.25) is 0 Å². The van der Waals surface area contributed by atoms with E-state index in [1.807, 2.05) is 0 Å². The van der Waals surface area contributed by atoms with E-state index in [1.165, 1.54) is 25.7 Å². The van der Waals surface area contributed by atoms with Crippen molar-refractivity contribution < 1.29 is 4.74 Å². The molecule has 0 amide bonds. The van der Waals surface area contributed by atoms with Gasteiger partial charge in [0.05, 0.1) is 0 Å². The molecule has 2 fully saturated rings. The van der Waals surface area contributed by atoms with Crippen LogP contribution >= 0.6 is 0 Å². The summed E-state index contributed by atoms with van der Waals surface area (Å²) < 4.78 is 5.31. The summed E-state index contributed by atoms with van der Waals surface area (Å²) in [6.07, 6.45) is 6.10. The van der Waals surface area contributed by atoms with E-state index in [-0.39, 0.29) is 0 Å². The standard InChI is InChI=1S/C11H21N3O/c12-11(14-10-2-1-3-10)13-6-4-9-5-7-15-8-9/h9-10H,1-8H2,(H3,12,13,14). The van der Waals surface area contributed by atoms with Gasteiger partial charge in [-0.15, -0.1) is 0 Å². The molecule has 2 aliphatic rings. The number of nitrogens with two attached hydrogens (primary N) is 1. The van der Waals surface area contributed by atoms with Crippen LogP contribution in [0.3, 0.4) is 0 Å². The van der Waals surface area contributed by atoms with Gasteiger partial charge in [0.25, 0.3) is 0 Å². The summed E-state index contributed by atoms with van der Waals surface area (Å²) in [5.41, 5.74) is 5.78. The minimum absolute atomic E-state index is 0.587. The maximum absolute atomic E-state index is 5.78. The molecule has 4 nitrogen and oxygen atoms in total. The van der Waals surface area contributed by atoms with Crippen molar-refractivity contribution in [3.63, 3.8) is 0 Å². The fraction of sp³-hybridized carbons (Fsp3) is 0.909. The van der Waals surface area contributed by atoms with Crippen molar-refractivity contribution in [3.8, 4) is 0 Å². The minimum atomic E-state index is 0.587. The molecule has 1 heterocycles. The minimum Gasteiger partial charge on any atom is -0.381 e. The van der Waals surface area contributed by atoms with Gasteiger partial charge < -0.3 is 15.8 Å². The quantitative estimate of drug-likeness (QED) is 0.536. The molecule has 1 saturated carbocycles. The largest absolute Gasteiger partial charge is 0.381 e. The Morgan fingerprint density at radius 3 is 2.87 bits per heavy atom. The van der Waals surface area contributed by atoms with E-state index in [9.17, 15) is 0 Å². The Hall–Kier alpha value is -0.770. The van der Waals surface area contributed by atoms with Crippen molar-refractivity contribution in [1.29, 1.82) is 0 Å². The molecule has 15 heavy (non-hydrogen) atoms. The maximum Gasteiger partial charge on any atom is 0.188 e. The summed E-state index contributed by atoms with van der Waals surface area (Å²) in [6, 6.07) is 0.587. The molecule has 0 bridgehead atoms. The highest BCUT2D eigenvalue weighted by molar-refractivity contribution is 5.78. The van der Waals surface area contributed by atoms with Crippen molar-refractivity contribution in [1.82, 2.24) is 5.32 Å². The molecular weight excluding hydrogens is 190 g/mol. The highest BCUT2D eigenvalue weighted by Gasteiger charge is 2.17. The maximum atomic E-state index is 5.78. The molecule has 1 unspecified atom stereocenters. The van der Waals surface area contributed by atoms with Crippen LogP contribution in [0.25, 0.3) is 0 Å². The first kappa shape index (κ1) is 10.7. The topological polar surface area (TPSA) is 59.6 Å². The van der Waals surface area contributed by atoms with Crippen LogP contribution in [0.4, 0.5) is 0 Å². The Labute approximate surface area is 91.3 Å². The van der Waals surface area contributed by atoms with Gasteiger partial charge in [0, 0.05) is 25.8 Å². The van der Waals surface area contributed by atoms with Gasteiger partial charge in [-0.2, -0.15) is 0 Å². The van der Waals surface area contributed by atoms with Gasteiger partial charge in [-0.1, -0.05) is 0 Å². The summed E-state index contributed by atoms with van der Waals surface area (Å²) in [4.78, 5) is 4.34. The first-order valence-electron chi connectivity index (χ1n) is 5.99. The molecule has 86 valence electrons. The van der Waals surface area contributed by atoms with E-state index >= 15 is 0 Å². The number of hydrogen-bond donors (Lipinski definition) is 2. The van der Waals surface area contributed by atoms with Gasteiger partial charge in [-0.3, -0.25) is 4.99 Å². The van der Waals surface area contributed by atoms with E-state index in [0.29, 0.717) is 17.9 Å². The molecule has 0 aromatic carbocycles. The number of rotatable bonds is 4. The van der Waals surface area contributed by atoms with Gasteiger partial charge >= 0.3 is 0 Å². The van der Waals surface area contributed by atoms with E-state index in [1.54, 1.807) is 0 Å². The first-order chi connectivity index (χ1) is 7.34. The van der Waals surface area contributed by atoms with Crippen molar-refractivity contribution in [2.24, 2.45) is 16.6 Å². The Bertz CT molecular complexity index is 220. The Balaban J connectivity index is 1.59. The van der Waals surface area contributed by atoms with Crippen molar-refractivity contribution in [2.45, 2.75) is 38.1 Å². The monoisotopic (exact) mass is 211 g/mol. The molecule has 2 rings (SSSR count). The summed E-state index contributed by atoms with van der Waals surface area (Å²) in [5, 5.41) is 3.24. The van der Waals surface area contributed by atoms with E-state index < -0.39 is 0 Å². The molecule has 0 aromatic heterocycles. The second-order valence-electron chi connectivity index (χ2n) is 4.56. The predicted octanol–water partition coefficient (Wildman–Crippen LogP) is 0.870. The van der Waals surface area contributed by atoms with Crippen LogP contribution in [-0.2, 0) is 4.74 Å². The van der Waals surface area contributed by atoms with Crippen molar-refractivity contribution in [2.75, 3.05) is 19.8 Å². The zero-order valence-electron chi connectivity index (χ0n) is 9.24. The summed E-state index contributed by atoms with van der Waals surface area (Å²) >= 11 is 0. The molecule has 1 aliphatic heterocycles. The summed E-state index contributed by atoms with van der Waals surface area (Å²) in [6.45, 7) is 2.66. The lowest BCUT2D eigenvalue weighted by Crippen LogP contribution is -2.43. The fourth-order valence-corrected chi connectivity index (χ4v) is 1.99. The second kappa shape index (κ2) is 5.35. The molecule has 0 radical (unpaired) electrons. The number of guanidine groups is 1. The third-order valence-electron chi connectivity index (χ3n) is 3.30. The Morgan fingerprint density at radius 1 is 1.40 bits per heavy atom. The normalized spacial score (nSPS) is 27.7. The molecule has 0 aromatic rings. The van der Waals surface area contributed by atoms with Gasteiger partial charge in [0.2, 0.25) is 0 Å². The average molecular weight is 211 g/mol. The van der Waals surface area contributed by atoms with Gasteiger partial charge in [0.1, 0.15) is 0 Å². The van der Waals surface area contributed by atoms with E-state index in [0.717, 1.165) is 26.2 Å². The van der Waals surface area contributed by atoms with Gasteiger partial charge in [-0.25, -0.2) is 0 Å². The molecule has 3 N–H and O–H groups in total. The highest BCUT2D eigenvalue weighted by Crippen LogP contribution is 2.18. The van der Waals surface area contributed by atoms with Crippen molar-refractivity contribution >= 4 is 5.96 Å². The zero-order valence-corrected chi connectivity index (χ0v) is 9.24. The molecular formula is C11H21N3O. The van der Waals surface area contributed by atoms with Crippen LogP contribution in [-0.4, -0.2) is 31.8 Å². The van der Waals surface area contributed by atoms with E-state index in [4.69, 9.17) is 10.5 Å². The first-order valence-corrected chi connectivity index (χ1v) is 5.99. The number of ether oxygens (including phenoxy) is 1. The smallest absolute Gasteiger partial charge is 0.188 e. The molecule has 4 heteroatoms. The van der Waals surface area contributed by atoms with Crippen LogP contribution < -0.4 is 11.1 Å². The average Bonchev–Trinajstić information content (AvgIpc) is 2.64. The van der Waals surface area contributed by atoms with Gasteiger partial charge in [0.15, 0.2) is 5.96 Å². The number of nitrogens with one attached hydrogen (secondary N) is 1. The molecule has 1 aliphatic carbocycles. The molecule has 0 spiro atoms. The SMILES string of the molecule is NC(=NCCC1CCOC1)NC1CCC1. The lowest BCUT2D eigenvalue weighted by Gasteiger charge is -2.26. The van der Waals surface area contributed by atoms with Crippen LogP contribution in [0, 0.1) is 5.92 Å². The number of aliphatic imine (C=N–C) groups is 1. The summed E-state index contributed by atoms with van der Waals surface area (Å²) in [5.74, 6) is 1.32. The zero-order chi connectivity index (χ0) is 10.5.